The summed E-state index contributed by atoms with van der Waals surface area (Å²) in [5.74, 6) is 0.193. The number of nitrogens with zero attached hydrogens (tertiary/aromatic N) is 2. The summed E-state index contributed by atoms with van der Waals surface area (Å²) in [6.07, 6.45) is 2.72. The molecule has 0 atom stereocenters. The highest BCUT2D eigenvalue weighted by Crippen LogP contribution is 2.26. The highest BCUT2D eigenvalue weighted by molar-refractivity contribution is 7.99. The fourth-order valence-corrected chi connectivity index (χ4v) is 4.13. The molecule has 0 saturated heterocycles. The van der Waals surface area contributed by atoms with Crippen molar-refractivity contribution in [3.05, 3.63) is 52.6 Å². The number of carbonyl (C=O) groups is 1. The Hall–Kier alpha value is -1.48. The van der Waals surface area contributed by atoms with Crippen LogP contribution >= 0.6 is 35.0 Å². The summed E-state index contributed by atoms with van der Waals surface area (Å²) < 4.78 is 25.1. The molecule has 0 bridgehead atoms. The Morgan fingerprint density at radius 3 is 2.50 bits per heavy atom. The number of sulfonamides is 1. The van der Waals surface area contributed by atoms with Crippen LogP contribution in [0.15, 0.2) is 47.6 Å². The molecule has 1 aromatic carbocycles. The second-order valence-electron chi connectivity index (χ2n) is 5.26. The molecule has 0 saturated carbocycles. The molecule has 0 fully saturated rings. The lowest BCUT2D eigenvalue weighted by atomic mass is 10.3. The van der Waals surface area contributed by atoms with E-state index in [2.05, 4.69) is 10.3 Å². The van der Waals surface area contributed by atoms with Crippen molar-refractivity contribution < 1.29 is 13.2 Å². The Kier molecular flexibility index (Phi) is 7.57. The average molecular weight is 434 g/mol. The Morgan fingerprint density at radius 1 is 1.23 bits per heavy atom. The van der Waals surface area contributed by atoms with Crippen molar-refractivity contribution in [1.29, 1.82) is 0 Å². The topological polar surface area (TPSA) is 79.4 Å². The average Bonchev–Trinajstić information content (AvgIpc) is 2.55. The Morgan fingerprint density at radius 2 is 1.92 bits per heavy atom. The molecule has 2 aromatic rings. The highest BCUT2D eigenvalue weighted by atomic mass is 35.5. The van der Waals surface area contributed by atoms with E-state index in [9.17, 15) is 13.2 Å². The SMILES string of the molecule is CS(=O)(=O)N(CC(=O)NCCSc1ccccn1)c1cc(Cl)cc(Cl)c1. The fraction of sp³-hybridized carbons (Fsp3) is 0.250. The zero-order chi connectivity index (χ0) is 19.2. The fourth-order valence-electron chi connectivity index (χ4n) is 2.05. The number of carbonyl (C=O) groups excluding carboxylic acids is 1. The van der Waals surface area contributed by atoms with Gasteiger partial charge in [-0.15, -0.1) is 11.8 Å². The van der Waals surface area contributed by atoms with Crippen molar-refractivity contribution >= 4 is 56.6 Å². The Labute approximate surface area is 166 Å². The maximum Gasteiger partial charge on any atom is 0.240 e. The van der Waals surface area contributed by atoms with Gasteiger partial charge in [0, 0.05) is 28.5 Å². The maximum atomic E-state index is 12.1. The summed E-state index contributed by atoms with van der Waals surface area (Å²) in [5.41, 5.74) is 0.239. The van der Waals surface area contributed by atoms with Crippen LogP contribution in [0.3, 0.4) is 0 Å². The number of amides is 1. The molecule has 140 valence electrons. The molecule has 6 nitrogen and oxygen atoms in total. The van der Waals surface area contributed by atoms with Crippen LogP contribution in [0.5, 0.6) is 0 Å². The molecule has 10 heteroatoms. The van der Waals surface area contributed by atoms with Gasteiger partial charge in [0.2, 0.25) is 15.9 Å². The van der Waals surface area contributed by atoms with Crippen molar-refractivity contribution in [1.82, 2.24) is 10.3 Å². The first-order valence-electron chi connectivity index (χ1n) is 7.50. The van der Waals surface area contributed by atoms with Gasteiger partial charge in [-0.2, -0.15) is 0 Å². The number of nitrogens with one attached hydrogen (secondary N) is 1. The molecule has 0 aliphatic carbocycles. The third-order valence-corrected chi connectivity index (χ3v) is 5.66. The zero-order valence-corrected chi connectivity index (χ0v) is 17.0. The van der Waals surface area contributed by atoms with Crippen LogP contribution in [0.2, 0.25) is 10.0 Å². The smallest absolute Gasteiger partial charge is 0.240 e. The van der Waals surface area contributed by atoms with Crippen LogP contribution in [0.4, 0.5) is 5.69 Å². The first-order chi connectivity index (χ1) is 12.3. The van der Waals surface area contributed by atoms with Gasteiger partial charge in [-0.25, -0.2) is 13.4 Å². The summed E-state index contributed by atoms with van der Waals surface area (Å²) in [6, 6.07) is 9.96. The van der Waals surface area contributed by atoms with Gasteiger partial charge in [0.25, 0.3) is 0 Å². The molecule has 0 aliphatic heterocycles. The first-order valence-corrected chi connectivity index (χ1v) is 11.1. The molecule has 1 N–H and O–H groups in total. The third kappa shape index (κ3) is 6.68. The lowest BCUT2D eigenvalue weighted by Crippen LogP contribution is -2.41. The molecule has 0 unspecified atom stereocenters. The van der Waals surface area contributed by atoms with Gasteiger partial charge in [0.15, 0.2) is 0 Å². The summed E-state index contributed by atoms with van der Waals surface area (Å²) in [4.78, 5) is 16.3. The van der Waals surface area contributed by atoms with E-state index in [0.29, 0.717) is 12.3 Å². The van der Waals surface area contributed by atoms with Crippen LogP contribution < -0.4 is 9.62 Å². The van der Waals surface area contributed by atoms with Crippen LogP contribution in [-0.4, -0.2) is 44.4 Å². The third-order valence-electron chi connectivity index (χ3n) is 3.13. The van der Waals surface area contributed by atoms with Gasteiger partial charge in [-0.3, -0.25) is 9.10 Å². The van der Waals surface area contributed by atoms with E-state index in [-0.39, 0.29) is 22.3 Å². The number of benzene rings is 1. The molecule has 0 spiro atoms. The summed E-state index contributed by atoms with van der Waals surface area (Å²) in [5, 5.41) is 4.12. The number of anilines is 1. The molecule has 1 heterocycles. The quantitative estimate of drug-likeness (QED) is 0.510. The van der Waals surface area contributed by atoms with Gasteiger partial charge in [0.05, 0.1) is 17.0 Å². The van der Waals surface area contributed by atoms with E-state index in [1.54, 1.807) is 6.20 Å². The van der Waals surface area contributed by atoms with Gasteiger partial charge in [-0.05, 0) is 30.3 Å². The number of aromatic nitrogens is 1. The van der Waals surface area contributed by atoms with Crippen molar-refractivity contribution in [2.24, 2.45) is 0 Å². The number of thioether (sulfide) groups is 1. The van der Waals surface area contributed by atoms with Crippen LogP contribution in [0.25, 0.3) is 0 Å². The minimum Gasteiger partial charge on any atom is -0.354 e. The normalized spacial score (nSPS) is 11.2. The van der Waals surface area contributed by atoms with E-state index in [1.807, 2.05) is 18.2 Å². The van der Waals surface area contributed by atoms with Gasteiger partial charge >= 0.3 is 0 Å². The van der Waals surface area contributed by atoms with E-state index in [0.717, 1.165) is 15.6 Å². The van der Waals surface area contributed by atoms with E-state index < -0.39 is 15.9 Å². The standard InChI is InChI=1S/C16H17Cl2N3O3S2/c1-26(23,24)21(14-9-12(17)8-13(18)10-14)11-15(22)19-6-7-25-16-4-2-3-5-20-16/h2-5,8-10H,6-7,11H2,1H3,(H,19,22). The highest BCUT2D eigenvalue weighted by Gasteiger charge is 2.21. The molecule has 1 aromatic heterocycles. The second-order valence-corrected chi connectivity index (χ2v) is 9.16. The molecule has 1 amide bonds. The molecule has 0 aliphatic rings. The van der Waals surface area contributed by atoms with Gasteiger partial charge in [0.1, 0.15) is 6.54 Å². The second kappa shape index (κ2) is 9.45. The predicted molar refractivity (Wildman–Crippen MR) is 107 cm³/mol. The lowest BCUT2D eigenvalue weighted by Gasteiger charge is -2.22. The largest absolute Gasteiger partial charge is 0.354 e. The van der Waals surface area contributed by atoms with Crippen molar-refractivity contribution in [3.8, 4) is 0 Å². The van der Waals surface area contributed by atoms with E-state index in [1.165, 1.54) is 30.0 Å². The van der Waals surface area contributed by atoms with Crippen molar-refractivity contribution in [2.45, 2.75) is 5.03 Å². The predicted octanol–water partition coefficient (Wildman–Crippen LogP) is 3.06. The van der Waals surface area contributed by atoms with Crippen LogP contribution in [0.1, 0.15) is 0 Å². The summed E-state index contributed by atoms with van der Waals surface area (Å²) >= 11 is 13.3. The van der Waals surface area contributed by atoms with Crippen molar-refractivity contribution in [3.63, 3.8) is 0 Å². The molecular formula is C16H17Cl2N3O3S2. The van der Waals surface area contributed by atoms with E-state index >= 15 is 0 Å². The number of pyridine rings is 1. The molecule has 2 rings (SSSR count). The molecular weight excluding hydrogens is 417 g/mol. The number of hydrogen-bond donors (Lipinski definition) is 1. The van der Waals surface area contributed by atoms with E-state index in [4.69, 9.17) is 23.2 Å². The first kappa shape index (κ1) is 20.8. The number of hydrogen-bond acceptors (Lipinski definition) is 5. The zero-order valence-electron chi connectivity index (χ0n) is 13.9. The van der Waals surface area contributed by atoms with Crippen LogP contribution in [-0.2, 0) is 14.8 Å². The number of rotatable bonds is 8. The summed E-state index contributed by atoms with van der Waals surface area (Å²) in [6.45, 7) is 0.0255. The minimum atomic E-state index is -3.68. The number of halogens is 2. The lowest BCUT2D eigenvalue weighted by molar-refractivity contribution is -0.119. The minimum absolute atomic E-state index is 0.239. The maximum absolute atomic E-state index is 12.1. The Bertz CT molecular complexity index is 844. The Balaban J connectivity index is 1.94. The monoisotopic (exact) mass is 433 g/mol. The van der Waals surface area contributed by atoms with Gasteiger partial charge in [-0.1, -0.05) is 29.3 Å². The molecule has 0 radical (unpaired) electrons. The molecule has 26 heavy (non-hydrogen) atoms. The van der Waals surface area contributed by atoms with Crippen LogP contribution in [0, 0.1) is 0 Å². The summed E-state index contributed by atoms with van der Waals surface area (Å²) in [7, 11) is -3.68. The van der Waals surface area contributed by atoms with Crippen molar-refractivity contribution in [2.75, 3.05) is 29.4 Å². The van der Waals surface area contributed by atoms with Gasteiger partial charge < -0.3 is 5.32 Å².